The van der Waals surface area contributed by atoms with Crippen LogP contribution in [0.4, 0.5) is 18.6 Å². The first-order chi connectivity index (χ1) is 8.54. The van der Waals surface area contributed by atoms with Crippen molar-refractivity contribution >= 4 is 37.9 Å². The molecule has 19 heavy (non-hydrogen) atoms. The summed E-state index contributed by atoms with van der Waals surface area (Å²) >= 11 is 0. The van der Waals surface area contributed by atoms with E-state index in [-0.39, 0.29) is 16.8 Å². The Kier molecular flexibility index (Phi) is 4.39. The van der Waals surface area contributed by atoms with Gasteiger partial charge < -0.3 is 12.9 Å². The highest BCUT2D eigenvalue weighted by Gasteiger charge is 2.29. The van der Waals surface area contributed by atoms with E-state index in [0.29, 0.717) is 6.07 Å². The van der Waals surface area contributed by atoms with E-state index in [1.807, 2.05) is 0 Å². The molecule has 1 aromatic rings. The van der Waals surface area contributed by atoms with Gasteiger partial charge in [-0.25, -0.2) is 8.42 Å². The van der Waals surface area contributed by atoms with Crippen LogP contribution in [0.3, 0.4) is 0 Å². The molecule has 0 amide bonds. The summed E-state index contributed by atoms with van der Waals surface area (Å²) in [4.78, 5) is 2.41. The topological polar surface area (TPSA) is 82.9 Å². The lowest BCUT2D eigenvalue weighted by Crippen LogP contribution is -2.36. The highest BCUT2D eigenvalue weighted by molar-refractivity contribution is 8.13. The summed E-state index contributed by atoms with van der Waals surface area (Å²) in [5.41, 5.74) is 6.60. The largest absolute Gasteiger partial charge is 0.509 e. The number of nitrogens with zero attached hydrogens (tertiary/aromatic N) is 3. The van der Waals surface area contributed by atoms with Crippen LogP contribution in [0.1, 0.15) is 11.1 Å². The van der Waals surface area contributed by atoms with E-state index in [2.05, 4.69) is 10.0 Å². The average molecular weight is 312 g/mol. The van der Waals surface area contributed by atoms with Gasteiger partial charge in [-0.1, -0.05) is 16.7 Å². The summed E-state index contributed by atoms with van der Waals surface area (Å²) in [5, 5.41) is 3.12. The highest BCUT2D eigenvalue weighted by atomic mass is 35.7. The molecule has 0 bridgehead atoms. The van der Waals surface area contributed by atoms with Gasteiger partial charge in [0.15, 0.2) is 0 Å². The second-order valence-corrected chi connectivity index (χ2v) is 6.55. The van der Waals surface area contributed by atoms with Crippen molar-refractivity contribution in [2.45, 2.75) is 12.7 Å². The molecule has 5 nitrogen and oxygen atoms in total. The molecule has 0 atom stereocenters. The number of azide groups is 1. The lowest BCUT2D eigenvalue weighted by Gasteiger charge is -2.20. The zero-order valence-electron chi connectivity index (χ0n) is 9.52. The summed E-state index contributed by atoms with van der Waals surface area (Å²) in [5.74, 6) is -0.776. The molecule has 1 aromatic carbocycles. The lowest BCUT2D eigenvalue weighted by molar-refractivity contribution is 0.500. The molecule has 0 aliphatic rings. The average Bonchev–Trinajstić information content (AvgIpc) is 2.19. The smallest absolute Gasteiger partial charge is 0.445 e. The van der Waals surface area contributed by atoms with Gasteiger partial charge in [-0.15, -0.1) is 5.46 Å². The molecule has 0 unspecified atom stereocenters. The van der Waals surface area contributed by atoms with Gasteiger partial charge in [-0.2, -0.15) is 0 Å². The quantitative estimate of drug-likeness (QED) is 0.281. The van der Waals surface area contributed by atoms with Gasteiger partial charge in [0, 0.05) is 21.3 Å². The van der Waals surface area contributed by atoms with Crippen molar-refractivity contribution in [2.75, 3.05) is 0 Å². The van der Waals surface area contributed by atoms with E-state index in [4.69, 9.17) is 16.2 Å². The molecule has 0 saturated heterocycles. The van der Waals surface area contributed by atoms with Crippen LogP contribution in [-0.4, -0.2) is 15.4 Å². The van der Waals surface area contributed by atoms with Crippen molar-refractivity contribution in [3.8, 4) is 0 Å². The molecule has 1 rings (SSSR count). The highest BCUT2D eigenvalue weighted by Crippen LogP contribution is 2.25. The van der Waals surface area contributed by atoms with Crippen molar-refractivity contribution < 1.29 is 21.4 Å². The molecule has 11 heteroatoms. The van der Waals surface area contributed by atoms with Crippen LogP contribution < -0.4 is 5.46 Å². The third kappa shape index (κ3) is 4.34. The molecule has 0 aliphatic carbocycles. The molecule has 0 N–H and O–H groups in total. The maximum Gasteiger partial charge on any atom is 0.509 e. The SMILES string of the molecule is Cc1c(N=[N+]=[N-])cc(CS(=O)(=O)Cl)cc1[B-](F)(F)F. The summed E-state index contributed by atoms with van der Waals surface area (Å²) in [7, 11) is 0.989. The van der Waals surface area contributed by atoms with E-state index in [0.717, 1.165) is 13.0 Å². The maximum absolute atomic E-state index is 12.8. The Labute approximate surface area is 111 Å². The van der Waals surface area contributed by atoms with Crippen molar-refractivity contribution in [1.82, 2.24) is 0 Å². The predicted molar refractivity (Wildman–Crippen MR) is 67.2 cm³/mol. The minimum Gasteiger partial charge on any atom is -0.445 e. The number of benzene rings is 1. The van der Waals surface area contributed by atoms with E-state index < -0.39 is 27.2 Å². The summed E-state index contributed by atoms with van der Waals surface area (Å²) in [6.07, 6.45) is 0. The van der Waals surface area contributed by atoms with Crippen molar-refractivity contribution in [3.63, 3.8) is 0 Å². The first kappa shape index (κ1) is 15.7. The van der Waals surface area contributed by atoms with Crippen LogP contribution in [0.15, 0.2) is 17.2 Å². The minimum absolute atomic E-state index is 0.183. The van der Waals surface area contributed by atoms with Crippen LogP contribution in [0.2, 0.25) is 0 Å². The normalized spacial score (nSPS) is 12.1. The third-order valence-corrected chi connectivity index (χ3v) is 3.33. The van der Waals surface area contributed by atoms with Crippen LogP contribution in [0, 0.1) is 6.92 Å². The van der Waals surface area contributed by atoms with Crippen LogP contribution in [-0.2, 0) is 14.8 Å². The van der Waals surface area contributed by atoms with Crippen LogP contribution in [0.25, 0.3) is 10.4 Å². The van der Waals surface area contributed by atoms with Gasteiger partial charge in [-0.3, -0.25) is 0 Å². The van der Waals surface area contributed by atoms with Crippen LogP contribution in [0.5, 0.6) is 0 Å². The summed E-state index contributed by atoms with van der Waals surface area (Å²) in [6.45, 7) is -4.20. The van der Waals surface area contributed by atoms with E-state index in [1.54, 1.807) is 0 Å². The zero-order chi connectivity index (χ0) is 14.8. The maximum atomic E-state index is 12.8. The van der Waals surface area contributed by atoms with Crippen LogP contribution >= 0.6 is 10.7 Å². The second-order valence-electron chi connectivity index (χ2n) is 3.78. The summed E-state index contributed by atoms with van der Waals surface area (Å²) < 4.78 is 60.3. The Morgan fingerprint density at radius 3 is 2.42 bits per heavy atom. The number of halogens is 4. The molecular formula is C8H7BClF3N3O2S-. The van der Waals surface area contributed by atoms with E-state index in [1.165, 1.54) is 0 Å². The number of rotatable bonds is 4. The van der Waals surface area contributed by atoms with Gasteiger partial charge in [0.25, 0.3) is 0 Å². The fourth-order valence-corrected chi connectivity index (χ4v) is 2.50. The van der Waals surface area contributed by atoms with Gasteiger partial charge in [0.1, 0.15) is 0 Å². The zero-order valence-corrected chi connectivity index (χ0v) is 11.1. The second kappa shape index (κ2) is 5.32. The molecule has 0 aromatic heterocycles. The van der Waals surface area contributed by atoms with Crippen molar-refractivity contribution in [2.24, 2.45) is 5.11 Å². The Hall–Kier alpha value is -1.38. The monoisotopic (exact) mass is 312 g/mol. The molecule has 0 fully saturated rings. The number of hydrogen-bond donors (Lipinski definition) is 0. The summed E-state index contributed by atoms with van der Waals surface area (Å²) in [6, 6.07) is 1.77. The Balaban J connectivity index is 3.52. The molecule has 0 aliphatic heterocycles. The van der Waals surface area contributed by atoms with Gasteiger partial charge in [0.05, 0.1) is 5.75 Å². The standard InChI is InChI=1S/C8H7BClF3N3O2S/c1-5-7(9(11,12)13)2-6(4-19(10,17)18)3-8(5)15-16-14/h2-3H,4H2,1H3/q-1. The lowest BCUT2D eigenvalue weighted by atomic mass is 9.76. The first-order valence-electron chi connectivity index (χ1n) is 4.85. The van der Waals surface area contributed by atoms with E-state index in [9.17, 15) is 21.4 Å². The minimum atomic E-state index is -5.35. The van der Waals surface area contributed by atoms with E-state index >= 15 is 0 Å². The third-order valence-electron chi connectivity index (χ3n) is 2.32. The molecule has 0 saturated carbocycles. The molecular weight excluding hydrogens is 305 g/mol. The Morgan fingerprint density at radius 1 is 1.42 bits per heavy atom. The van der Waals surface area contributed by atoms with Gasteiger partial charge >= 0.3 is 6.98 Å². The Morgan fingerprint density at radius 2 is 2.00 bits per heavy atom. The fraction of sp³-hybridized carbons (Fsp3) is 0.250. The molecule has 0 spiro atoms. The van der Waals surface area contributed by atoms with Gasteiger partial charge in [-0.05, 0) is 24.1 Å². The fourth-order valence-electron chi connectivity index (χ4n) is 1.56. The molecule has 0 radical (unpaired) electrons. The molecule has 104 valence electrons. The first-order valence-corrected chi connectivity index (χ1v) is 7.33. The number of hydrogen-bond acceptors (Lipinski definition) is 3. The van der Waals surface area contributed by atoms with Crippen molar-refractivity contribution in [1.29, 1.82) is 0 Å². The predicted octanol–water partition coefficient (Wildman–Crippen LogP) is 3.06. The van der Waals surface area contributed by atoms with Gasteiger partial charge in [0.2, 0.25) is 9.05 Å². The Bertz CT molecular complexity index is 656. The van der Waals surface area contributed by atoms with Crippen molar-refractivity contribution in [3.05, 3.63) is 33.7 Å². The molecule has 0 heterocycles.